The van der Waals surface area contributed by atoms with Gasteiger partial charge in [0.15, 0.2) is 0 Å². The summed E-state index contributed by atoms with van der Waals surface area (Å²) in [7, 11) is 1.63. The summed E-state index contributed by atoms with van der Waals surface area (Å²) in [4.78, 5) is 0. The van der Waals surface area contributed by atoms with Crippen molar-refractivity contribution in [1.29, 1.82) is 0 Å². The maximum Gasteiger partial charge on any atom is 0.242 e. The van der Waals surface area contributed by atoms with Gasteiger partial charge in [0.2, 0.25) is 11.8 Å². The Balaban J connectivity index is 2.20. The van der Waals surface area contributed by atoms with Gasteiger partial charge >= 0.3 is 0 Å². The molecule has 0 radical (unpaired) electrons. The molecule has 0 saturated heterocycles. The van der Waals surface area contributed by atoms with Crippen LogP contribution in [0, 0.1) is 0 Å². The van der Waals surface area contributed by atoms with Crippen LogP contribution >= 0.6 is 0 Å². The summed E-state index contributed by atoms with van der Waals surface area (Å²) in [6.45, 7) is 4.93. The zero-order valence-electron chi connectivity index (χ0n) is 9.15. The van der Waals surface area contributed by atoms with Crippen molar-refractivity contribution in [1.82, 2.24) is 15.5 Å². The highest BCUT2D eigenvalue weighted by molar-refractivity contribution is 4.79. The first-order valence-corrected chi connectivity index (χ1v) is 4.95. The predicted octanol–water partition coefficient (Wildman–Crippen LogP) is 0.342. The van der Waals surface area contributed by atoms with Gasteiger partial charge in [0, 0.05) is 7.11 Å². The highest BCUT2D eigenvalue weighted by Crippen LogP contribution is 2.00. The average molecular weight is 215 g/mol. The van der Waals surface area contributed by atoms with Gasteiger partial charge in [-0.25, -0.2) is 0 Å². The molecular formula is C9H17N3O3. The van der Waals surface area contributed by atoms with Crippen molar-refractivity contribution in [2.75, 3.05) is 26.9 Å². The lowest BCUT2D eigenvalue weighted by Gasteiger charge is -1.98. The molecule has 1 aromatic rings. The van der Waals surface area contributed by atoms with E-state index in [0.717, 1.165) is 6.54 Å². The van der Waals surface area contributed by atoms with Crippen molar-refractivity contribution in [2.45, 2.75) is 20.1 Å². The van der Waals surface area contributed by atoms with Crippen LogP contribution in [0.25, 0.3) is 0 Å². The summed E-state index contributed by atoms with van der Waals surface area (Å²) < 4.78 is 15.4. The average Bonchev–Trinajstić information content (AvgIpc) is 2.69. The highest BCUT2D eigenvalue weighted by Gasteiger charge is 2.04. The third-order valence-electron chi connectivity index (χ3n) is 1.69. The van der Waals surface area contributed by atoms with Gasteiger partial charge in [-0.2, -0.15) is 0 Å². The largest absolute Gasteiger partial charge is 0.421 e. The quantitative estimate of drug-likeness (QED) is 0.631. The number of ether oxygens (including phenoxy) is 2. The molecule has 0 aliphatic heterocycles. The van der Waals surface area contributed by atoms with Crippen LogP contribution < -0.4 is 5.32 Å². The Hall–Kier alpha value is -0.980. The van der Waals surface area contributed by atoms with Crippen molar-refractivity contribution >= 4 is 0 Å². The maximum atomic E-state index is 5.32. The number of methoxy groups -OCH3 is 1. The molecule has 0 amide bonds. The molecule has 0 bridgehead atoms. The van der Waals surface area contributed by atoms with Crippen molar-refractivity contribution in [2.24, 2.45) is 0 Å². The van der Waals surface area contributed by atoms with Gasteiger partial charge in [0.1, 0.15) is 6.61 Å². The van der Waals surface area contributed by atoms with Crippen LogP contribution in [0.5, 0.6) is 0 Å². The Morgan fingerprint density at radius 1 is 1.27 bits per heavy atom. The molecule has 0 saturated carbocycles. The van der Waals surface area contributed by atoms with E-state index >= 15 is 0 Å². The van der Waals surface area contributed by atoms with Crippen LogP contribution in [-0.2, 0) is 22.6 Å². The molecule has 0 aliphatic rings. The van der Waals surface area contributed by atoms with Gasteiger partial charge in [-0.15, -0.1) is 10.2 Å². The highest BCUT2D eigenvalue weighted by atomic mass is 16.5. The molecule has 1 N–H and O–H groups in total. The normalized spacial score (nSPS) is 10.8. The smallest absolute Gasteiger partial charge is 0.242 e. The predicted molar refractivity (Wildman–Crippen MR) is 53.2 cm³/mol. The maximum absolute atomic E-state index is 5.32. The van der Waals surface area contributed by atoms with Crippen LogP contribution in [0.4, 0.5) is 0 Å². The van der Waals surface area contributed by atoms with Gasteiger partial charge < -0.3 is 19.2 Å². The molecule has 0 fully saturated rings. The van der Waals surface area contributed by atoms with Gasteiger partial charge in [-0.3, -0.25) is 0 Å². The number of hydrogen-bond donors (Lipinski definition) is 1. The van der Waals surface area contributed by atoms with E-state index in [-0.39, 0.29) is 0 Å². The van der Waals surface area contributed by atoms with E-state index in [1.54, 1.807) is 7.11 Å². The molecule has 0 unspecified atom stereocenters. The van der Waals surface area contributed by atoms with Crippen molar-refractivity contribution in [3.63, 3.8) is 0 Å². The van der Waals surface area contributed by atoms with Crippen molar-refractivity contribution in [3.05, 3.63) is 11.8 Å². The van der Waals surface area contributed by atoms with Crippen LogP contribution in [0.15, 0.2) is 4.42 Å². The fraction of sp³-hybridized carbons (Fsp3) is 0.778. The fourth-order valence-electron chi connectivity index (χ4n) is 0.952. The minimum absolute atomic E-state index is 0.336. The lowest BCUT2D eigenvalue weighted by atomic mass is 10.6. The number of aromatic nitrogens is 2. The van der Waals surface area contributed by atoms with Crippen LogP contribution in [-0.4, -0.2) is 37.1 Å². The van der Waals surface area contributed by atoms with E-state index in [9.17, 15) is 0 Å². The molecule has 0 aliphatic carbocycles. The van der Waals surface area contributed by atoms with E-state index in [4.69, 9.17) is 13.9 Å². The zero-order chi connectivity index (χ0) is 10.9. The van der Waals surface area contributed by atoms with Crippen molar-refractivity contribution < 1.29 is 13.9 Å². The number of nitrogens with one attached hydrogen (secondary N) is 1. The van der Waals surface area contributed by atoms with E-state index in [0.29, 0.717) is 38.1 Å². The van der Waals surface area contributed by atoms with E-state index in [1.807, 2.05) is 6.92 Å². The topological polar surface area (TPSA) is 69.4 Å². The summed E-state index contributed by atoms with van der Waals surface area (Å²) in [6.07, 6.45) is 0. The minimum Gasteiger partial charge on any atom is -0.421 e. The SMILES string of the molecule is CCNCc1nnc(COCCOC)o1. The van der Waals surface area contributed by atoms with Crippen LogP contribution in [0.2, 0.25) is 0 Å². The Kier molecular flexibility index (Phi) is 5.91. The molecule has 86 valence electrons. The van der Waals surface area contributed by atoms with Gasteiger partial charge in [0.05, 0.1) is 19.8 Å². The first kappa shape index (κ1) is 12.1. The summed E-state index contributed by atoms with van der Waals surface area (Å²) >= 11 is 0. The zero-order valence-corrected chi connectivity index (χ0v) is 9.15. The Labute approximate surface area is 89.0 Å². The second-order valence-corrected chi connectivity index (χ2v) is 2.92. The molecular weight excluding hydrogens is 198 g/mol. The molecule has 1 heterocycles. The molecule has 1 aromatic heterocycles. The Morgan fingerprint density at radius 3 is 2.80 bits per heavy atom. The molecule has 6 nitrogen and oxygen atoms in total. The van der Waals surface area contributed by atoms with Gasteiger partial charge in [-0.05, 0) is 6.54 Å². The Bertz CT molecular complexity index is 265. The van der Waals surface area contributed by atoms with Gasteiger partial charge in [-0.1, -0.05) is 6.92 Å². The molecule has 0 aromatic carbocycles. The summed E-state index contributed by atoms with van der Waals surface area (Å²) in [5.41, 5.74) is 0. The minimum atomic E-state index is 0.336. The third-order valence-corrected chi connectivity index (χ3v) is 1.69. The lowest BCUT2D eigenvalue weighted by molar-refractivity contribution is 0.0513. The standard InChI is InChI=1S/C9H17N3O3/c1-3-10-6-8-11-12-9(15-8)7-14-5-4-13-2/h10H,3-7H2,1-2H3. The first-order valence-electron chi connectivity index (χ1n) is 4.95. The van der Waals surface area contributed by atoms with Crippen LogP contribution in [0.1, 0.15) is 18.7 Å². The molecule has 0 spiro atoms. The lowest BCUT2D eigenvalue weighted by Crippen LogP contribution is -2.11. The number of hydrogen-bond acceptors (Lipinski definition) is 6. The summed E-state index contributed by atoms with van der Waals surface area (Å²) in [5.74, 6) is 1.08. The van der Waals surface area contributed by atoms with E-state index in [2.05, 4.69) is 15.5 Å². The van der Waals surface area contributed by atoms with E-state index in [1.165, 1.54) is 0 Å². The van der Waals surface area contributed by atoms with Crippen molar-refractivity contribution in [3.8, 4) is 0 Å². The summed E-state index contributed by atoms with van der Waals surface area (Å²) in [5, 5.41) is 10.8. The molecule has 0 atom stereocenters. The Morgan fingerprint density at radius 2 is 2.07 bits per heavy atom. The molecule has 1 rings (SSSR count). The third kappa shape index (κ3) is 4.87. The number of rotatable bonds is 8. The second-order valence-electron chi connectivity index (χ2n) is 2.92. The number of nitrogens with zero attached hydrogens (tertiary/aromatic N) is 2. The fourth-order valence-corrected chi connectivity index (χ4v) is 0.952. The van der Waals surface area contributed by atoms with Crippen LogP contribution in [0.3, 0.4) is 0 Å². The summed E-state index contributed by atoms with van der Waals surface area (Å²) in [6, 6.07) is 0. The molecule has 6 heteroatoms. The molecule has 15 heavy (non-hydrogen) atoms. The van der Waals surface area contributed by atoms with E-state index < -0.39 is 0 Å². The monoisotopic (exact) mass is 215 g/mol. The van der Waals surface area contributed by atoms with Gasteiger partial charge in [0.25, 0.3) is 0 Å². The first-order chi connectivity index (χ1) is 7.36. The second kappa shape index (κ2) is 7.33.